The maximum Gasteiger partial charge on any atom is 0.306 e. The van der Waals surface area contributed by atoms with Gasteiger partial charge in [-0.15, -0.1) is 11.8 Å². The molecule has 32 heavy (non-hydrogen) atoms. The smallest absolute Gasteiger partial charge is 0.306 e. The van der Waals surface area contributed by atoms with Crippen molar-refractivity contribution in [2.24, 2.45) is 5.92 Å². The van der Waals surface area contributed by atoms with E-state index in [2.05, 4.69) is 36.4 Å². The van der Waals surface area contributed by atoms with Crippen LogP contribution in [0.4, 0.5) is 0 Å². The maximum absolute atomic E-state index is 11.6. The Morgan fingerprint density at radius 2 is 1.28 bits per heavy atom. The fourth-order valence-corrected chi connectivity index (χ4v) is 5.65. The molecular weight excluding hydrogens is 422 g/mol. The molecule has 3 rings (SSSR count). The first kappa shape index (κ1) is 23.5. The average molecular weight is 450 g/mol. The summed E-state index contributed by atoms with van der Waals surface area (Å²) in [5.41, 5.74) is 3.09. The largest absolute Gasteiger partial charge is 0.481 e. The third-order valence-corrected chi connectivity index (χ3v) is 7.36. The highest BCUT2D eigenvalue weighted by molar-refractivity contribution is 8.01. The van der Waals surface area contributed by atoms with Crippen LogP contribution in [-0.4, -0.2) is 27.8 Å². The zero-order chi connectivity index (χ0) is 23.0. The SMILES string of the molecule is C[C@@H](CCC(C[N+](=O)[O-])SC(c1ccccc1)(c1ccccc1)c1ccccc1)C(=O)O. The van der Waals surface area contributed by atoms with Crippen LogP contribution in [0, 0.1) is 16.0 Å². The van der Waals surface area contributed by atoms with Gasteiger partial charge in [-0.3, -0.25) is 14.9 Å². The molecule has 0 heterocycles. The Kier molecular flexibility index (Phi) is 8.06. The Bertz CT molecular complexity index is 915. The molecule has 0 aliphatic rings. The normalized spacial score (nSPS) is 13.3. The number of thioether (sulfide) groups is 1. The summed E-state index contributed by atoms with van der Waals surface area (Å²) < 4.78 is -0.670. The summed E-state index contributed by atoms with van der Waals surface area (Å²) in [6.45, 7) is 1.42. The first-order valence-electron chi connectivity index (χ1n) is 10.6. The Morgan fingerprint density at radius 3 is 1.62 bits per heavy atom. The van der Waals surface area contributed by atoms with Crippen LogP contribution in [0.3, 0.4) is 0 Å². The highest BCUT2D eigenvalue weighted by atomic mass is 32.2. The summed E-state index contributed by atoms with van der Waals surface area (Å²) >= 11 is 1.54. The van der Waals surface area contributed by atoms with Crippen molar-refractivity contribution < 1.29 is 14.8 Å². The molecule has 0 fully saturated rings. The van der Waals surface area contributed by atoms with Crippen molar-refractivity contribution in [3.63, 3.8) is 0 Å². The minimum absolute atomic E-state index is 0.231. The fourth-order valence-electron chi connectivity index (χ4n) is 3.89. The molecule has 0 aromatic heterocycles. The number of carboxylic acids is 1. The van der Waals surface area contributed by atoms with E-state index in [1.54, 1.807) is 18.7 Å². The van der Waals surface area contributed by atoms with Crippen molar-refractivity contribution in [2.45, 2.75) is 29.8 Å². The van der Waals surface area contributed by atoms with Crippen LogP contribution in [0.2, 0.25) is 0 Å². The van der Waals surface area contributed by atoms with E-state index < -0.39 is 16.6 Å². The van der Waals surface area contributed by atoms with E-state index in [0.29, 0.717) is 12.8 Å². The predicted octanol–water partition coefficient (Wildman–Crippen LogP) is 5.86. The van der Waals surface area contributed by atoms with Gasteiger partial charge in [0.1, 0.15) is 0 Å². The number of carbonyl (C=O) groups is 1. The van der Waals surface area contributed by atoms with Gasteiger partial charge in [-0.2, -0.15) is 0 Å². The van der Waals surface area contributed by atoms with E-state index in [0.717, 1.165) is 16.7 Å². The van der Waals surface area contributed by atoms with Gasteiger partial charge in [0.2, 0.25) is 6.54 Å². The Hall–Kier alpha value is -3.12. The summed E-state index contributed by atoms with van der Waals surface area (Å²) in [5.74, 6) is -1.43. The molecule has 0 aliphatic heterocycles. The first-order chi connectivity index (χ1) is 15.4. The van der Waals surface area contributed by atoms with Crippen LogP contribution in [0.25, 0.3) is 0 Å². The lowest BCUT2D eigenvalue weighted by molar-refractivity contribution is -0.479. The number of nitrogens with zero attached hydrogens (tertiary/aromatic N) is 1. The van der Waals surface area contributed by atoms with Crippen molar-refractivity contribution in [2.75, 3.05) is 6.54 Å². The third kappa shape index (κ3) is 5.56. The molecule has 166 valence electrons. The van der Waals surface area contributed by atoms with Gasteiger partial charge < -0.3 is 5.11 Å². The number of nitro groups is 1. The van der Waals surface area contributed by atoms with E-state index in [-0.39, 0.29) is 16.7 Å². The molecule has 1 unspecified atom stereocenters. The molecule has 0 saturated carbocycles. The van der Waals surface area contributed by atoms with E-state index in [1.807, 2.05) is 54.6 Å². The van der Waals surface area contributed by atoms with Gasteiger partial charge in [0, 0.05) is 4.92 Å². The summed E-state index contributed by atoms with van der Waals surface area (Å²) in [4.78, 5) is 22.6. The van der Waals surface area contributed by atoms with Crippen molar-refractivity contribution in [3.8, 4) is 0 Å². The number of carboxylic acid groups (broad SMARTS) is 1. The van der Waals surface area contributed by atoms with Gasteiger partial charge in [-0.25, -0.2) is 0 Å². The number of aliphatic carboxylic acids is 1. The molecule has 3 aromatic carbocycles. The second kappa shape index (κ2) is 11.0. The Balaban J connectivity index is 2.14. The predicted molar refractivity (Wildman–Crippen MR) is 128 cm³/mol. The minimum atomic E-state index is -0.879. The van der Waals surface area contributed by atoms with Gasteiger partial charge in [0.05, 0.1) is 15.9 Å². The third-order valence-electron chi connectivity index (χ3n) is 5.58. The highest BCUT2D eigenvalue weighted by Crippen LogP contribution is 2.51. The van der Waals surface area contributed by atoms with Crippen LogP contribution in [0.1, 0.15) is 36.5 Å². The summed E-state index contributed by atoms with van der Waals surface area (Å²) in [5, 5.41) is 20.5. The van der Waals surface area contributed by atoms with E-state index in [9.17, 15) is 20.0 Å². The minimum Gasteiger partial charge on any atom is -0.481 e. The van der Waals surface area contributed by atoms with Gasteiger partial charge in [0.25, 0.3) is 0 Å². The van der Waals surface area contributed by atoms with Crippen molar-refractivity contribution >= 4 is 17.7 Å². The van der Waals surface area contributed by atoms with E-state index in [4.69, 9.17) is 0 Å². The molecule has 3 aromatic rings. The van der Waals surface area contributed by atoms with Gasteiger partial charge in [0.15, 0.2) is 0 Å². The van der Waals surface area contributed by atoms with E-state index >= 15 is 0 Å². The standard InChI is InChI=1S/C26H27NO4S/c1-20(25(28)29)17-18-24(19-27(30)31)32-26(21-11-5-2-6-12-21,22-13-7-3-8-14-22)23-15-9-4-10-16-23/h2-16,20,24H,17-19H2,1H3,(H,28,29)/t20-,24?/m0/s1. The fraction of sp³-hybridized carbons (Fsp3) is 0.269. The summed E-state index contributed by atoms with van der Waals surface area (Å²) in [6, 6.07) is 30.0. The molecule has 0 radical (unpaired) electrons. The van der Waals surface area contributed by atoms with E-state index in [1.165, 1.54) is 0 Å². The molecule has 5 nitrogen and oxygen atoms in total. The van der Waals surface area contributed by atoms with Gasteiger partial charge in [-0.05, 0) is 29.5 Å². The van der Waals surface area contributed by atoms with Crippen molar-refractivity contribution in [1.29, 1.82) is 0 Å². The maximum atomic E-state index is 11.6. The zero-order valence-electron chi connectivity index (χ0n) is 18.0. The van der Waals surface area contributed by atoms with Gasteiger partial charge >= 0.3 is 5.97 Å². The molecule has 0 saturated heterocycles. The molecule has 0 spiro atoms. The number of hydrogen-bond donors (Lipinski definition) is 1. The molecule has 0 aliphatic carbocycles. The second-order valence-corrected chi connectivity index (χ2v) is 9.37. The average Bonchev–Trinajstić information content (AvgIpc) is 2.82. The molecule has 6 heteroatoms. The van der Waals surface area contributed by atoms with Crippen LogP contribution >= 0.6 is 11.8 Å². The molecule has 2 atom stereocenters. The lowest BCUT2D eigenvalue weighted by Crippen LogP contribution is -2.31. The Labute approximate surface area is 192 Å². The summed E-state index contributed by atoms with van der Waals surface area (Å²) in [7, 11) is 0. The van der Waals surface area contributed by atoms with Crippen LogP contribution in [-0.2, 0) is 9.54 Å². The van der Waals surface area contributed by atoms with Crippen molar-refractivity contribution in [1.82, 2.24) is 0 Å². The van der Waals surface area contributed by atoms with Crippen LogP contribution in [0.5, 0.6) is 0 Å². The summed E-state index contributed by atoms with van der Waals surface area (Å²) in [6.07, 6.45) is 0.822. The zero-order valence-corrected chi connectivity index (χ0v) is 18.8. The lowest BCUT2D eigenvalue weighted by Gasteiger charge is -2.37. The molecular formula is C26H27NO4S. The number of hydrogen-bond acceptors (Lipinski definition) is 4. The van der Waals surface area contributed by atoms with Crippen LogP contribution in [0.15, 0.2) is 91.0 Å². The van der Waals surface area contributed by atoms with Crippen molar-refractivity contribution in [3.05, 3.63) is 118 Å². The first-order valence-corrected chi connectivity index (χ1v) is 11.5. The molecule has 0 amide bonds. The molecule has 1 N–H and O–H groups in total. The lowest BCUT2D eigenvalue weighted by atomic mass is 9.84. The number of rotatable bonds is 11. The van der Waals surface area contributed by atoms with Gasteiger partial charge in [-0.1, -0.05) is 97.9 Å². The second-order valence-electron chi connectivity index (χ2n) is 7.85. The monoisotopic (exact) mass is 449 g/mol. The van der Waals surface area contributed by atoms with Crippen LogP contribution < -0.4 is 0 Å². The molecule has 0 bridgehead atoms. The Morgan fingerprint density at radius 1 is 0.875 bits per heavy atom. The topological polar surface area (TPSA) is 80.4 Å². The highest BCUT2D eigenvalue weighted by Gasteiger charge is 2.40. The number of benzene rings is 3. The quantitative estimate of drug-likeness (QED) is 0.225.